The molecule has 0 atom stereocenters. The molecule has 3 aromatic rings. The lowest BCUT2D eigenvalue weighted by molar-refractivity contribution is -0.118. The summed E-state index contributed by atoms with van der Waals surface area (Å²) in [5, 5.41) is 24.6. The summed E-state index contributed by atoms with van der Waals surface area (Å²) in [6.45, 7) is 0.322. The lowest BCUT2D eigenvalue weighted by Gasteiger charge is -2.10. The van der Waals surface area contributed by atoms with Gasteiger partial charge in [0.05, 0.1) is 28.4 Å². The summed E-state index contributed by atoms with van der Waals surface area (Å²) in [6, 6.07) is 21.2. The molecule has 0 radical (unpaired) electrons. The molecule has 0 aliphatic carbocycles. The van der Waals surface area contributed by atoms with Gasteiger partial charge in [0, 0.05) is 13.1 Å². The van der Waals surface area contributed by atoms with Crippen LogP contribution in [0.1, 0.15) is 22.3 Å². The van der Waals surface area contributed by atoms with E-state index in [0.717, 1.165) is 11.1 Å². The number of nitriles is 2. The fourth-order valence-electron chi connectivity index (χ4n) is 3.92. The second kappa shape index (κ2) is 15.2. The normalized spacial score (nSPS) is 11.0. The Morgan fingerprint density at radius 2 is 1.05 bits per heavy atom. The van der Waals surface area contributed by atoms with Crippen LogP contribution in [0.3, 0.4) is 0 Å². The standard InChI is InChI=1S/C32H30N4O6/c1-39-27-10-8-21(15-29(27)41-3)13-25(17-33)31(37)35-19-23-6-5-7-24(12-23)20-36-32(38)26(18-34)14-22-9-11-28(40-2)30(16-22)42-4/h5-16H,19-20H2,1-4H3,(H,35,37)(H,36,38)/b25-13-,26-14-. The number of hydrogen-bond donors (Lipinski definition) is 2. The van der Waals surface area contributed by atoms with Gasteiger partial charge in [0.2, 0.25) is 0 Å². The molecule has 10 nitrogen and oxygen atoms in total. The van der Waals surface area contributed by atoms with Crippen LogP contribution in [0.2, 0.25) is 0 Å². The third kappa shape index (κ3) is 8.13. The van der Waals surface area contributed by atoms with Crippen molar-refractivity contribution >= 4 is 24.0 Å². The number of carbonyl (C=O) groups excluding carboxylic acids is 2. The second-order valence-corrected chi connectivity index (χ2v) is 8.75. The minimum atomic E-state index is -0.537. The first kappa shape index (κ1) is 30.8. The summed E-state index contributed by atoms with van der Waals surface area (Å²) in [7, 11) is 6.05. The number of amides is 2. The fraction of sp³-hybridized carbons (Fsp3) is 0.188. The molecule has 0 heterocycles. The Morgan fingerprint density at radius 1 is 0.643 bits per heavy atom. The highest BCUT2D eigenvalue weighted by molar-refractivity contribution is 6.02. The van der Waals surface area contributed by atoms with Crippen LogP contribution in [0.5, 0.6) is 23.0 Å². The molecule has 0 aliphatic heterocycles. The van der Waals surface area contributed by atoms with Crippen LogP contribution in [-0.2, 0) is 22.7 Å². The third-order valence-corrected chi connectivity index (χ3v) is 6.06. The number of rotatable bonds is 12. The number of methoxy groups -OCH3 is 4. The van der Waals surface area contributed by atoms with Crippen LogP contribution in [0.15, 0.2) is 71.8 Å². The van der Waals surface area contributed by atoms with Crippen LogP contribution in [0.25, 0.3) is 12.2 Å². The van der Waals surface area contributed by atoms with Crippen molar-refractivity contribution in [1.82, 2.24) is 10.6 Å². The highest BCUT2D eigenvalue weighted by Gasteiger charge is 2.13. The minimum absolute atomic E-state index is 0.0732. The molecular weight excluding hydrogens is 536 g/mol. The number of nitrogens with zero attached hydrogens (tertiary/aromatic N) is 2. The number of benzene rings is 3. The van der Waals surface area contributed by atoms with E-state index in [1.165, 1.54) is 40.6 Å². The molecule has 0 bridgehead atoms. The predicted octanol–water partition coefficient (Wildman–Crippen LogP) is 4.17. The first-order chi connectivity index (χ1) is 20.3. The monoisotopic (exact) mass is 566 g/mol. The first-order valence-electron chi connectivity index (χ1n) is 12.7. The molecule has 214 valence electrons. The van der Waals surface area contributed by atoms with E-state index < -0.39 is 11.8 Å². The van der Waals surface area contributed by atoms with E-state index in [-0.39, 0.29) is 24.2 Å². The average Bonchev–Trinajstić information content (AvgIpc) is 3.03. The van der Waals surface area contributed by atoms with Crippen LogP contribution in [0, 0.1) is 22.7 Å². The van der Waals surface area contributed by atoms with E-state index in [1.807, 2.05) is 30.3 Å². The van der Waals surface area contributed by atoms with Crippen molar-refractivity contribution in [2.45, 2.75) is 13.1 Å². The largest absolute Gasteiger partial charge is 0.493 e. The topological polar surface area (TPSA) is 143 Å². The second-order valence-electron chi connectivity index (χ2n) is 8.75. The van der Waals surface area contributed by atoms with Gasteiger partial charge in [-0.25, -0.2) is 0 Å². The molecule has 2 N–H and O–H groups in total. The molecule has 0 aliphatic rings. The summed E-state index contributed by atoms with van der Waals surface area (Å²) in [4.78, 5) is 25.4. The van der Waals surface area contributed by atoms with Crippen molar-refractivity contribution < 1.29 is 28.5 Å². The maximum atomic E-state index is 12.7. The Hall–Kier alpha value is -5.74. The Kier molecular flexibility index (Phi) is 11.1. The Labute approximate surface area is 244 Å². The van der Waals surface area contributed by atoms with Gasteiger partial charge in [-0.2, -0.15) is 10.5 Å². The summed E-state index contributed by atoms with van der Waals surface area (Å²) in [6.07, 6.45) is 2.93. The number of carbonyl (C=O) groups is 2. The highest BCUT2D eigenvalue weighted by atomic mass is 16.5. The quantitative estimate of drug-likeness (QED) is 0.246. The van der Waals surface area contributed by atoms with E-state index >= 15 is 0 Å². The summed E-state index contributed by atoms with van der Waals surface area (Å²) >= 11 is 0. The van der Waals surface area contributed by atoms with E-state index in [1.54, 1.807) is 42.5 Å². The van der Waals surface area contributed by atoms with Crippen LogP contribution in [0.4, 0.5) is 0 Å². The SMILES string of the molecule is COc1ccc(/C=C(/C#N)C(=O)NCc2cccc(CNC(=O)/C(C#N)=C\c3ccc(OC)c(OC)c3)c2)cc1OC. The van der Waals surface area contributed by atoms with Crippen molar-refractivity contribution in [3.63, 3.8) is 0 Å². The van der Waals surface area contributed by atoms with Crippen LogP contribution < -0.4 is 29.6 Å². The van der Waals surface area contributed by atoms with Gasteiger partial charge < -0.3 is 29.6 Å². The maximum Gasteiger partial charge on any atom is 0.262 e. The molecular formula is C32H30N4O6. The van der Waals surface area contributed by atoms with E-state index in [2.05, 4.69) is 10.6 Å². The van der Waals surface area contributed by atoms with Gasteiger partial charge in [0.25, 0.3) is 11.8 Å². The Morgan fingerprint density at radius 3 is 1.40 bits per heavy atom. The number of ether oxygens (including phenoxy) is 4. The summed E-state index contributed by atoms with van der Waals surface area (Å²) < 4.78 is 21.0. The molecule has 0 saturated carbocycles. The van der Waals surface area contributed by atoms with Gasteiger partial charge >= 0.3 is 0 Å². The fourth-order valence-corrected chi connectivity index (χ4v) is 3.92. The molecule has 0 unspecified atom stereocenters. The zero-order chi connectivity index (χ0) is 30.5. The van der Waals surface area contributed by atoms with Gasteiger partial charge in [-0.15, -0.1) is 0 Å². The van der Waals surface area contributed by atoms with Gasteiger partial charge in [0.15, 0.2) is 23.0 Å². The first-order valence-corrected chi connectivity index (χ1v) is 12.7. The molecule has 0 spiro atoms. The van der Waals surface area contributed by atoms with Crippen LogP contribution >= 0.6 is 0 Å². The van der Waals surface area contributed by atoms with Crippen molar-refractivity contribution in [1.29, 1.82) is 10.5 Å². The highest BCUT2D eigenvalue weighted by Crippen LogP contribution is 2.29. The summed E-state index contributed by atoms with van der Waals surface area (Å²) in [5.41, 5.74) is 2.59. The maximum absolute atomic E-state index is 12.7. The molecule has 0 saturated heterocycles. The number of nitrogens with one attached hydrogen (secondary N) is 2. The van der Waals surface area contributed by atoms with Gasteiger partial charge in [-0.1, -0.05) is 36.4 Å². The lowest BCUT2D eigenvalue weighted by Crippen LogP contribution is -2.25. The summed E-state index contributed by atoms with van der Waals surface area (Å²) in [5.74, 6) is 0.949. The lowest BCUT2D eigenvalue weighted by atomic mass is 10.1. The van der Waals surface area contributed by atoms with Gasteiger partial charge in [0.1, 0.15) is 23.3 Å². The smallest absolute Gasteiger partial charge is 0.262 e. The Balaban J connectivity index is 1.63. The third-order valence-electron chi connectivity index (χ3n) is 6.06. The zero-order valence-electron chi connectivity index (χ0n) is 23.7. The van der Waals surface area contributed by atoms with Crippen molar-refractivity contribution in [2.75, 3.05) is 28.4 Å². The van der Waals surface area contributed by atoms with Crippen molar-refractivity contribution in [3.8, 4) is 35.1 Å². The average molecular weight is 567 g/mol. The molecule has 10 heteroatoms. The Bertz CT molecular complexity index is 1480. The van der Waals surface area contributed by atoms with E-state index in [0.29, 0.717) is 34.1 Å². The van der Waals surface area contributed by atoms with Gasteiger partial charge in [-0.05, 0) is 58.7 Å². The number of hydrogen-bond acceptors (Lipinski definition) is 8. The predicted molar refractivity (Wildman–Crippen MR) is 156 cm³/mol. The van der Waals surface area contributed by atoms with E-state index in [9.17, 15) is 20.1 Å². The molecule has 3 aromatic carbocycles. The van der Waals surface area contributed by atoms with Crippen LogP contribution in [-0.4, -0.2) is 40.3 Å². The van der Waals surface area contributed by atoms with Crippen molar-refractivity contribution in [2.24, 2.45) is 0 Å². The zero-order valence-corrected chi connectivity index (χ0v) is 23.7. The molecule has 0 fully saturated rings. The molecule has 2 amide bonds. The van der Waals surface area contributed by atoms with Crippen molar-refractivity contribution in [3.05, 3.63) is 94.1 Å². The molecule has 3 rings (SSSR count). The molecule has 42 heavy (non-hydrogen) atoms. The van der Waals surface area contributed by atoms with E-state index in [4.69, 9.17) is 18.9 Å². The minimum Gasteiger partial charge on any atom is -0.493 e. The van der Waals surface area contributed by atoms with Gasteiger partial charge in [-0.3, -0.25) is 9.59 Å². The molecule has 0 aromatic heterocycles.